The monoisotopic (exact) mass is 402 g/mol. The summed E-state index contributed by atoms with van der Waals surface area (Å²) < 4.78 is 0. The van der Waals surface area contributed by atoms with Gasteiger partial charge in [0.15, 0.2) is 0 Å². The van der Waals surface area contributed by atoms with Gasteiger partial charge in [-0.25, -0.2) is 0 Å². The van der Waals surface area contributed by atoms with E-state index in [0.717, 1.165) is 25.2 Å². The van der Waals surface area contributed by atoms with Gasteiger partial charge in [-0.05, 0) is 12.6 Å². The zero-order chi connectivity index (χ0) is 11.4. The van der Waals surface area contributed by atoms with Crippen LogP contribution in [-0.4, -0.2) is 43.0 Å². The fraction of sp³-hybridized carbons (Fsp3) is 0.538. The SMILES string of the molecule is CN1CCN(Cc2ccc(C[NH-])cc2)CC1.[W]. The molecule has 2 rings (SSSR count). The van der Waals surface area contributed by atoms with Gasteiger partial charge >= 0.3 is 0 Å². The number of nitrogens with one attached hydrogen (secondary N) is 1. The Hall–Kier alpha value is -0.212. The number of hydrogen-bond acceptors (Lipinski definition) is 2. The van der Waals surface area contributed by atoms with Crippen LogP contribution in [0.3, 0.4) is 0 Å². The summed E-state index contributed by atoms with van der Waals surface area (Å²) in [6, 6.07) is 8.45. The van der Waals surface area contributed by atoms with E-state index < -0.39 is 0 Å². The van der Waals surface area contributed by atoms with Crippen LogP contribution in [0.25, 0.3) is 5.73 Å². The normalized spacial score (nSPS) is 17.8. The van der Waals surface area contributed by atoms with Gasteiger partial charge in [0.25, 0.3) is 0 Å². The first-order chi connectivity index (χ1) is 7.78. The van der Waals surface area contributed by atoms with Crippen molar-refractivity contribution < 1.29 is 21.1 Å². The standard InChI is InChI=1S/C13H20N3.W/c1-15-6-8-16(9-7-15)11-13-4-2-12(10-14)3-5-13;/h2-5,14H,6-11H2,1H3;/q-1;. The zero-order valence-corrected chi connectivity index (χ0v) is 13.3. The van der Waals surface area contributed by atoms with E-state index in [9.17, 15) is 0 Å². The molecule has 1 heterocycles. The third-order valence-electron chi connectivity index (χ3n) is 3.23. The second-order valence-electron chi connectivity index (χ2n) is 4.57. The first-order valence-corrected chi connectivity index (χ1v) is 5.91. The molecule has 3 nitrogen and oxygen atoms in total. The van der Waals surface area contributed by atoms with Crippen molar-refractivity contribution in [3.8, 4) is 0 Å². The van der Waals surface area contributed by atoms with Gasteiger partial charge in [-0.3, -0.25) is 4.90 Å². The minimum Gasteiger partial charge on any atom is -0.674 e. The molecule has 0 aromatic heterocycles. The number of hydrogen-bond donors (Lipinski definition) is 0. The van der Waals surface area contributed by atoms with Crippen molar-refractivity contribution >= 4 is 0 Å². The maximum atomic E-state index is 7.27. The maximum Gasteiger partial charge on any atom is 0.0234 e. The number of piperazine rings is 1. The summed E-state index contributed by atoms with van der Waals surface area (Å²) in [5.74, 6) is 0. The molecule has 0 aliphatic carbocycles. The molecule has 0 unspecified atom stereocenters. The quantitative estimate of drug-likeness (QED) is 0.775. The summed E-state index contributed by atoms with van der Waals surface area (Å²) in [5.41, 5.74) is 9.74. The van der Waals surface area contributed by atoms with Crippen LogP contribution in [0.1, 0.15) is 11.1 Å². The fourth-order valence-corrected chi connectivity index (χ4v) is 2.03. The molecule has 1 aromatic carbocycles. The van der Waals surface area contributed by atoms with Crippen molar-refractivity contribution in [1.29, 1.82) is 0 Å². The average Bonchev–Trinajstić information content (AvgIpc) is 2.33. The van der Waals surface area contributed by atoms with Crippen molar-refractivity contribution in [3.05, 3.63) is 41.1 Å². The van der Waals surface area contributed by atoms with E-state index in [4.69, 9.17) is 5.73 Å². The topological polar surface area (TPSA) is 30.3 Å². The van der Waals surface area contributed by atoms with Gasteiger partial charge in [-0.2, -0.15) is 0 Å². The van der Waals surface area contributed by atoms with E-state index in [1.807, 2.05) is 0 Å². The van der Waals surface area contributed by atoms with Crippen molar-refractivity contribution in [2.45, 2.75) is 13.1 Å². The predicted molar refractivity (Wildman–Crippen MR) is 67.2 cm³/mol. The summed E-state index contributed by atoms with van der Waals surface area (Å²) in [6.07, 6.45) is 0. The van der Waals surface area contributed by atoms with Gasteiger partial charge < -0.3 is 10.6 Å². The second kappa shape index (κ2) is 7.27. The Morgan fingerprint density at radius 3 is 2.06 bits per heavy atom. The Bertz CT molecular complexity index is 318. The Morgan fingerprint density at radius 2 is 1.53 bits per heavy atom. The van der Waals surface area contributed by atoms with Crippen LogP contribution in [0.15, 0.2) is 24.3 Å². The molecule has 1 aromatic rings. The molecule has 0 amide bonds. The van der Waals surface area contributed by atoms with Gasteiger partial charge in [0, 0.05) is 53.8 Å². The molecule has 1 fully saturated rings. The summed E-state index contributed by atoms with van der Waals surface area (Å²) in [6.45, 7) is 6.10. The number of benzene rings is 1. The minimum atomic E-state index is 0. The van der Waals surface area contributed by atoms with Gasteiger partial charge in [0.2, 0.25) is 0 Å². The minimum absolute atomic E-state index is 0. The van der Waals surface area contributed by atoms with E-state index in [2.05, 4.69) is 41.1 Å². The molecule has 94 valence electrons. The average molecular weight is 402 g/mol. The van der Waals surface area contributed by atoms with Gasteiger partial charge in [0.05, 0.1) is 0 Å². The molecule has 0 atom stereocenters. The Labute approximate surface area is 118 Å². The van der Waals surface area contributed by atoms with Crippen molar-refractivity contribution in [2.24, 2.45) is 0 Å². The molecule has 1 aliphatic heterocycles. The molecule has 0 spiro atoms. The molecule has 1 N–H and O–H groups in total. The van der Waals surface area contributed by atoms with Crippen molar-refractivity contribution in [1.82, 2.24) is 9.80 Å². The number of likely N-dealkylation sites (N-methyl/N-ethyl adjacent to an activating group) is 1. The molecule has 17 heavy (non-hydrogen) atoms. The van der Waals surface area contributed by atoms with Crippen LogP contribution in [0.2, 0.25) is 0 Å². The maximum absolute atomic E-state index is 7.27. The van der Waals surface area contributed by atoms with E-state index in [-0.39, 0.29) is 21.1 Å². The molecule has 0 saturated carbocycles. The summed E-state index contributed by atoms with van der Waals surface area (Å²) in [4.78, 5) is 4.87. The van der Waals surface area contributed by atoms with Gasteiger partial charge in [-0.15, -0.1) is 6.54 Å². The molecular weight excluding hydrogens is 382 g/mol. The Balaban J connectivity index is 0.00000144. The number of rotatable bonds is 3. The van der Waals surface area contributed by atoms with Crippen LogP contribution in [-0.2, 0) is 34.2 Å². The van der Waals surface area contributed by atoms with E-state index in [1.165, 1.54) is 18.7 Å². The fourth-order valence-electron chi connectivity index (χ4n) is 2.03. The molecule has 1 saturated heterocycles. The molecular formula is C13H20N3W-. The molecule has 1 aliphatic rings. The predicted octanol–water partition coefficient (Wildman–Crippen LogP) is 1.98. The summed E-state index contributed by atoms with van der Waals surface area (Å²) in [7, 11) is 2.18. The smallest absolute Gasteiger partial charge is 0.0234 e. The first-order valence-electron chi connectivity index (χ1n) is 5.91. The Morgan fingerprint density at radius 1 is 1.00 bits per heavy atom. The molecule has 0 bridgehead atoms. The van der Waals surface area contributed by atoms with E-state index in [0.29, 0.717) is 6.54 Å². The third kappa shape index (κ3) is 4.51. The third-order valence-corrected chi connectivity index (χ3v) is 3.23. The van der Waals surface area contributed by atoms with Crippen LogP contribution in [0.4, 0.5) is 0 Å². The summed E-state index contributed by atoms with van der Waals surface area (Å²) >= 11 is 0. The van der Waals surface area contributed by atoms with E-state index in [1.54, 1.807) is 0 Å². The van der Waals surface area contributed by atoms with Gasteiger partial charge in [0.1, 0.15) is 0 Å². The van der Waals surface area contributed by atoms with Crippen LogP contribution in [0, 0.1) is 0 Å². The van der Waals surface area contributed by atoms with Gasteiger partial charge in [-0.1, -0.05) is 29.8 Å². The first kappa shape index (κ1) is 14.8. The van der Waals surface area contributed by atoms with Crippen LogP contribution < -0.4 is 0 Å². The number of nitrogens with zero attached hydrogens (tertiary/aromatic N) is 2. The summed E-state index contributed by atoms with van der Waals surface area (Å²) in [5, 5.41) is 0. The second-order valence-corrected chi connectivity index (χ2v) is 4.57. The van der Waals surface area contributed by atoms with Crippen molar-refractivity contribution in [2.75, 3.05) is 33.2 Å². The van der Waals surface area contributed by atoms with Crippen LogP contribution >= 0.6 is 0 Å². The molecule has 0 radical (unpaired) electrons. The van der Waals surface area contributed by atoms with E-state index >= 15 is 0 Å². The molecule has 4 heteroatoms. The van der Waals surface area contributed by atoms with Crippen molar-refractivity contribution in [3.63, 3.8) is 0 Å². The largest absolute Gasteiger partial charge is 0.674 e. The Kier molecular flexibility index (Phi) is 6.35. The zero-order valence-electron chi connectivity index (χ0n) is 10.4. The van der Waals surface area contributed by atoms with Crippen LogP contribution in [0.5, 0.6) is 0 Å².